The first-order chi connectivity index (χ1) is 13.4. The molecule has 1 fully saturated rings. The Labute approximate surface area is 181 Å². The lowest BCUT2D eigenvalue weighted by molar-refractivity contribution is -0.125. The molecule has 0 spiro atoms. The number of imide groups is 1. The molecule has 0 saturated carbocycles. The number of nitrogens with zero attached hydrogens (tertiary/aromatic N) is 1. The quantitative estimate of drug-likeness (QED) is 0.632. The Morgan fingerprint density at radius 3 is 2.54 bits per heavy atom. The molecule has 2 aromatic carbocycles. The summed E-state index contributed by atoms with van der Waals surface area (Å²) >= 11 is 14.5. The highest BCUT2D eigenvalue weighted by Gasteiger charge is 2.29. The van der Waals surface area contributed by atoms with Gasteiger partial charge in [0.1, 0.15) is 0 Å². The lowest BCUT2D eigenvalue weighted by atomic mass is 10.2. The summed E-state index contributed by atoms with van der Waals surface area (Å²) in [6.07, 6.45) is 0. The van der Waals surface area contributed by atoms with Crippen LogP contribution in [0.15, 0.2) is 42.5 Å². The van der Waals surface area contributed by atoms with Crippen LogP contribution in [0.1, 0.15) is 11.1 Å². The molecule has 9 heteroatoms. The van der Waals surface area contributed by atoms with Gasteiger partial charge in [0.05, 0.1) is 18.1 Å². The third-order valence-corrected chi connectivity index (χ3v) is 6.35. The Morgan fingerprint density at radius 2 is 1.89 bits per heavy atom. The number of amides is 3. The molecule has 0 unspecified atom stereocenters. The van der Waals surface area contributed by atoms with E-state index >= 15 is 0 Å². The fourth-order valence-corrected chi connectivity index (χ4v) is 4.61. The normalized spacial score (nSPS) is 13.9. The number of carbonyl (C=O) groups excluding carboxylic acids is 3. The van der Waals surface area contributed by atoms with Crippen LogP contribution in [0.2, 0.25) is 10.0 Å². The molecule has 1 aliphatic heterocycles. The summed E-state index contributed by atoms with van der Waals surface area (Å²) in [7, 11) is 0. The zero-order valence-corrected chi connectivity index (χ0v) is 17.8. The number of thioether (sulfide) groups is 2. The Balaban J connectivity index is 1.46. The Morgan fingerprint density at radius 1 is 1.14 bits per heavy atom. The number of nitrogens with one attached hydrogen (secondary N) is 1. The predicted octanol–water partition coefficient (Wildman–Crippen LogP) is 5.06. The lowest BCUT2D eigenvalue weighted by Crippen LogP contribution is -2.27. The van der Waals surface area contributed by atoms with Crippen molar-refractivity contribution < 1.29 is 14.4 Å². The molecule has 1 heterocycles. The van der Waals surface area contributed by atoms with E-state index in [0.29, 0.717) is 21.5 Å². The number of anilines is 1. The van der Waals surface area contributed by atoms with Gasteiger partial charge in [0, 0.05) is 21.5 Å². The molecule has 1 N–H and O–H groups in total. The van der Waals surface area contributed by atoms with Crippen LogP contribution in [-0.2, 0) is 21.9 Å². The number of carbonyl (C=O) groups is 3. The average Bonchev–Trinajstić information content (AvgIpc) is 2.97. The van der Waals surface area contributed by atoms with Gasteiger partial charge in [-0.3, -0.25) is 19.3 Å². The molecule has 3 rings (SSSR count). The highest BCUT2D eigenvalue weighted by molar-refractivity contribution is 8.14. The van der Waals surface area contributed by atoms with Crippen LogP contribution in [0, 0.1) is 0 Å². The van der Waals surface area contributed by atoms with E-state index in [1.165, 1.54) is 16.7 Å². The van der Waals surface area contributed by atoms with Crippen molar-refractivity contribution in [2.45, 2.75) is 12.3 Å². The second-order valence-electron chi connectivity index (χ2n) is 6.01. The van der Waals surface area contributed by atoms with E-state index in [9.17, 15) is 14.4 Å². The highest BCUT2D eigenvalue weighted by Crippen LogP contribution is 2.25. The lowest BCUT2D eigenvalue weighted by Gasteiger charge is -2.13. The first kappa shape index (κ1) is 21.0. The van der Waals surface area contributed by atoms with Crippen molar-refractivity contribution in [3.05, 3.63) is 63.6 Å². The largest absolute Gasteiger partial charge is 0.325 e. The van der Waals surface area contributed by atoms with Crippen LogP contribution in [-0.4, -0.2) is 33.5 Å². The average molecular weight is 455 g/mol. The van der Waals surface area contributed by atoms with Crippen molar-refractivity contribution in [2.24, 2.45) is 0 Å². The minimum absolute atomic E-state index is 0.121. The van der Waals surface area contributed by atoms with Gasteiger partial charge in [-0.1, -0.05) is 53.2 Å². The van der Waals surface area contributed by atoms with Crippen LogP contribution >= 0.6 is 46.7 Å². The number of benzene rings is 2. The molecule has 0 radical (unpaired) electrons. The van der Waals surface area contributed by atoms with Gasteiger partial charge in [0.2, 0.25) is 11.8 Å². The molecule has 2 aromatic rings. The molecular formula is C19H16Cl2N2O3S2. The van der Waals surface area contributed by atoms with E-state index < -0.39 is 0 Å². The minimum atomic E-state index is -0.222. The SMILES string of the molecule is O=C(CSCc1ccc(Cl)cc1Cl)Nc1ccc(CN2C(=O)CSC2=O)cc1. The van der Waals surface area contributed by atoms with Crippen molar-refractivity contribution in [2.75, 3.05) is 16.8 Å². The fourth-order valence-electron chi connectivity index (χ4n) is 2.50. The van der Waals surface area contributed by atoms with Crippen LogP contribution in [0.4, 0.5) is 10.5 Å². The Bertz CT molecular complexity index is 891. The second kappa shape index (κ2) is 9.69. The maximum atomic E-state index is 12.1. The van der Waals surface area contributed by atoms with E-state index in [1.807, 2.05) is 6.07 Å². The molecule has 1 aliphatic rings. The third-order valence-electron chi connectivity index (χ3n) is 3.92. The van der Waals surface area contributed by atoms with Gasteiger partial charge in [-0.05, 0) is 35.4 Å². The zero-order valence-electron chi connectivity index (χ0n) is 14.6. The molecule has 5 nitrogen and oxygen atoms in total. The smallest absolute Gasteiger partial charge is 0.289 e. The van der Waals surface area contributed by atoms with Crippen LogP contribution in [0.25, 0.3) is 0 Å². The first-order valence-electron chi connectivity index (χ1n) is 8.30. The van der Waals surface area contributed by atoms with Crippen LogP contribution in [0.5, 0.6) is 0 Å². The van der Waals surface area contributed by atoms with Crippen LogP contribution in [0.3, 0.4) is 0 Å². The monoisotopic (exact) mass is 454 g/mol. The molecule has 28 heavy (non-hydrogen) atoms. The molecular weight excluding hydrogens is 439 g/mol. The summed E-state index contributed by atoms with van der Waals surface area (Å²) in [6.45, 7) is 0.247. The topological polar surface area (TPSA) is 66.5 Å². The number of halogens is 2. The molecule has 146 valence electrons. The summed E-state index contributed by atoms with van der Waals surface area (Å²) in [5.74, 6) is 0.799. The first-order valence-corrected chi connectivity index (χ1v) is 11.2. The molecule has 0 bridgehead atoms. The zero-order chi connectivity index (χ0) is 20.1. The summed E-state index contributed by atoms with van der Waals surface area (Å²) in [5, 5.41) is 3.77. The van der Waals surface area contributed by atoms with Gasteiger partial charge in [-0.2, -0.15) is 0 Å². The van der Waals surface area contributed by atoms with Gasteiger partial charge in [-0.15, -0.1) is 11.8 Å². The van der Waals surface area contributed by atoms with Gasteiger partial charge in [-0.25, -0.2) is 0 Å². The van der Waals surface area contributed by atoms with Gasteiger partial charge < -0.3 is 5.32 Å². The number of rotatable bonds is 7. The van der Waals surface area contributed by atoms with E-state index in [-0.39, 0.29) is 35.1 Å². The second-order valence-corrected chi connectivity index (χ2v) is 8.76. The number of hydrogen-bond donors (Lipinski definition) is 1. The highest BCUT2D eigenvalue weighted by atomic mass is 35.5. The summed E-state index contributed by atoms with van der Waals surface area (Å²) in [4.78, 5) is 36.6. The Kier molecular flexibility index (Phi) is 7.29. The van der Waals surface area contributed by atoms with Crippen molar-refractivity contribution in [3.8, 4) is 0 Å². The van der Waals surface area contributed by atoms with E-state index in [1.54, 1.807) is 36.4 Å². The Hall–Kier alpha value is -1.67. The van der Waals surface area contributed by atoms with Crippen molar-refractivity contribution in [1.82, 2.24) is 4.90 Å². The maximum absolute atomic E-state index is 12.1. The summed E-state index contributed by atoms with van der Waals surface area (Å²) < 4.78 is 0. The van der Waals surface area contributed by atoms with Gasteiger partial charge in [0.25, 0.3) is 5.24 Å². The molecule has 0 atom stereocenters. The predicted molar refractivity (Wildman–Crippen MR) is 116 cm³/mol. The van der Waals surface area contributed by atoms with E-state index in [4.69, 9.17) is 23.2 Å². The van der Waals surface area contributed by atoms with Gasteiger partial charge >= 0.3 is 0 Å². The third kappa shape index (κ3) is 5.67. The van der Waals surface area contributed by atoms with Crippen LogP contribution < -0.4 is 5.32 Å². The molecule has 0 aliphatic carbocycles. The maximum Gasteiger partial charge on any atom is 0.289 e. The molecule has 1 saturated heterocycles. The molecule has 0 aromatic heterocycles. The van der Waals surface area contributed by atoms with Gasteiger partial charge in [0.15, 0.2) is 0 Å². The minimum Gasteiger partial charge on any atom is -0.325 e. The van der Waals surface area contributed by atoms with Crippen molar-refractivity contribution in [3.63, 3.8) is 0 Å². The number of hydrogen-bond acceptors (Lipinski definition) is 5. The summed E-state index contributed by atoms with van der Waals surface area (Å²) in [6, 6.07) is 12.4. The molecule has 3 amide bonds. The van der Waals surface area contributed by atoms with Crippen molar-refractivity contribution in [1.29, 1.82) is 0 Å². The van der Waals surface area contributed by atoms with E-state index in [2.05, 4.69) is 5.32 Å². The van der Waals surface area contributed by atoms with Crippen molar-refractivity contribution >= 4 is 69.5 Å². The summed E-state index contributed by atoms with van der Waals surface area (Å²) in [5.41, 5.74) is 2.42. The van der Waals surface area contributed by atoms with E-state index in [0.717, 1.165) is 22.9 Å². The standard InChI is InChI=1S/C19H16Cl2N2O3S2/c20-14-4-3-13(16(21)7-14)9-27-10-17(24)22-15-5-1-12(2-6-15)8-23-18(25)11-28-19(23)26/h1-7H,8-11H2,(H,22,24). The fraction of sp³-hybridized carbons (Fsp3) is 0.211.